The number of aryl methyl sites for hydroxylation is 3. The van der Waals surface area contributed by atoms with Gasteiger partial charge in [0.1, 0.15) is 0 Å². The normalized spacial score (nSPS) is 16.8. The molecule has 2 aromatic rings. The Morgan fingerprint density at radius 1 is 1.07 bits per heavy atom. The van der Waals surface area contributed by atoms with E-state index in [4.69, 9.17) is 12.2 Å². The van der Waals surface area contributed by atoms with Crippen molar-refractivity contribution in [3.63, 3.8) is 0 Å². The van der Waals surface area contributed by atoms with Crippen LogP contribution in [0.1, 0.15) is 40.8 Å². The van der Waals surface area contributed by atoms with E-state index in [1.165, 1.54) is 18.2 Å². The molecule has 2 aromatic carbocycles. The van der Waals surface area contributed by atoms with Gasteiger partial charge in [0.05, 0.1) is 22.9 Å². The molecule has 3 rings (SSSR count). The molecule has 4 nitrogen and oxygen atoms in total. The van der Waals surface area contributed by atoms with Crippen molar-refractivity contribution in [2.24, 2.45) is 0 Å². The average molecular weight is 433 g/mol. The van der Waals surface area contributed by atoms with Crippen LogP contribution in [0.4, 0.5) is 18.9 Å². The highest BCUT2D eigenvalue weighted by molar-refractivity contribution is 7.80. The number of carbonyl (C=O) groups excluding carboxylic acids is 1. The Morgan fingerprint density at radius 3 is 2.27 bits per heavy atom. The zero-order valence-electron chi connectivity index (χ0n) is 17.0. The molecule has 1 atom stereocenters. The van der Waals surface area contributed by atoms with Crippen LogP contribution in [0.3, 0.4) is 0 Å². The lowest BCUT2D eigenvalue weighted by atomic mass is 9.87. The fraction of sp³-hybridized carbons (Fsp3) is 0.273. The van der Waals surface area contributed by atoms with Crippen LogP contribution in [0.2, 0.25) is 0 Å². The molecule has 0 spiro atoms. The molecule has 158 valence electrons. The smallest absolute Gasteiger partial charge is 0.351 e. The number of thiocarbonyl (C=S) groups is 1. The van der Waals surface area contributed by atoms with Gasteiger partial charge in [-0.15, -0.1) is 0 Å². The van der Waals surface area contributed by atoms with E-state index in [0.717, 1.165) is 28.3 Å². The number of carbonyl (C=O) groups is 1. The molecule has 0 bridgehead atoms. The number of rotatable bonds is 3. The van der Waals surface area contributed by atoms with Gasteiger partial charge in [0.25, 0.3) is 5.91 Å². The number of para-hydroxylation sites is 1. The lowest BCUT2D eigenvalue weighted by Crippen LogP contribution is -2.46. The topological polar surface area (TPSA) is 53.2 Å². The first-order chi connectivity index (χ1) is 14.0. The Labute approximate surface area is 178 Å². The minimum Gasteiger partial charge on any atom is -0.351 e. The first-order valence-corrected chi connectivity index (χ1v) is 9.73. The Bertz CT molecular complexity index is 1040. The van der Waals surface area contributed by atoms with E-state index in [1.807, 2.05) is 32.9 Å². The number of hydrogen-bond donors (Lipinski definition) is 3. The van der Waals surface area contributed by atoms with Crippen molar-refractivity contribution in [2.75, 3.05) is 5.32 Å². The Kier molecular flexibility index (Phi) is 5.90. The van der Waals surface area contributed by atoms with Crippen molar-refractivity contribution < 1.29 is 18.0 Å². The second-order valence-electron chi connectivity index (χ2n) is 7.38. The van der Waals surface area contributed by atoms with Crippen molar-refractivity contribution in [1.29, 1.82) is 0 Å². The van der Waals surface area contributed by atoms with Crippen LogP contribution in [0.25, 0.3) is 0 Å². The van der Waals surface area contributed by atoms with Crippen LogP contribution < -0.4 is 16.0 Å². The molecule has 0 radical (unpaired) electrons. The van der Waals surface area contributed by atoms with Gasteiger partial charge < -0.3 is 16.0 Å². The van der Waals surface area contributed by atoms with Crippen LogP contribution in [0.15, 0.2) is 47.7 Å². The number of halogens is 3. The van der Waals surface area contributed by atoms with Gasteiger partial charge in [-0.05, 0) is 68.7 Å². The number of alkyl halides is 3. The third kappa shape index (κ3) is 4.33. The highest BCUT2D eigenvalue weighted by Crippen LogP contribution is 2.36. The highest BCUT2D eigenvalue weighted by Gasteiger charge is 2.36. The van der Waals surface area contributed by atoms with Crippen LogP contribution in [-0.4, -0.2) is 11.0 Å². The van der Waals surface area contributed by atoms with Gasteiger partial charge in [0.2, 0.25) is 0 Å². The van der Waals surface area contributed by atoms with Gasteiger partial charge in [0.15, 0.2) is 5.11 Å². The van der Waals surface area contributed by atoms with Gasteiger partial charge in [-0.2, -0.15) is 13.2 Å². The summed E-state index contributed by atoms with van der Waals surface area (Å²) in [5.41, 5.74) is 3.46. The molecule has 0 fully saturated rings. The van der Waals surface area contributed by atoms with E-state index in [2.05, 4.69) is 16.0 Å². The van der Waals surface area contributed by atoms with E-state index in [1.54, 1.807) is 6.92 Å². The van der Waals surface area contributed by atoms with E-state index in [-0.39, 0.29) is 11.3 Å². The van der Waals surface area contributed by atoms with Crippen molar-refractivity contribution in [3.05, 3.63) is 75.5 Å². The molecular formula is C22H22F3N3OS. The highest BCUT2D eigenvalue weighted by atomic mass is 32.1. The summed E-state index contributed by atoms with van der Waals surface area (Å²) >= 11 is 5.27. The zero-order chi connectivity index (χ0) is 22.2. The predicted octanol–water partition coefficient (Wildman–Crippen LogP) is 5.06. The van der Waals surface area contributed by atoms with Gasteiger partial charge >= 0.3 is 6.18 Å². The first-order valence-electron chi connectivity index (χ1n) is 9.32. The molecule has 3 N–H and O–H groups in total. The summed E-state index contributed by atoms with van der Waals surface area (Å²) in [6, 6.07) is 8.32. The van der Waals surface area contributed by atoms with Crippen molar-refractivity contribution in [2.45, 2.75) is 39.9 Å². The van der Waals surface area contributed by atoms with Gasteiger partial charge in [-0.25, -0.2) is 0 Å². The number of benzene rings is 2. The molecule has 0 aliphatic carbocycles. The van der Waals surface area contributed by atoms with E-state index in [0.29, 0.717) is 10.8 Å². The molecule has 0 saturated heterocycles. The fourth-order valence-electron chi connectivity index (χ4n) is 3.89. The van der Waals surface area contributed by atoms with Crippen molar-refractivity contribution in [3.8, 4) is 0 Å². The van der Waals surface area contributed by atoms with Gasteiger partial charge in [-0.1, -0.05) is 29.8 Å². The Balaban J connectivity index is 2.06. The molecule has 1 aliphatic heterocycles. The van der Waals surface area contributed by atoms with Crippen molar-refractivity contribution in [1.82, 2.24) is 10.6 Å². The lowest BCUT2D eigenvalue weighted by molar-refractivity contribution is -0.137. The standard InChI is InChI=1S/C22H22F3N3OS/c1-11-9-12(2)17(13(3)10-11)19-18(14(4)26-21(30)28-19)20(29)27-16-8-6-5-7-15(16)22(23,24)25/h5-10,19H,1-4H3,(H,27,29)(H2,26,28,30). The fourth-order valence-corrected chi connectivity index (χ4v) is 4.16. The van der Waals surface area contributed by atoms with Crippen LogP contribution in [-0.2, 0) is 11.0 Å². The summed E-state index contributed by atoms with van der Waals surface area (Å²) in [5.74, 6) is -0.629. The third-order valence-electron chi connectivity index (χ3n) is 5.02. The minimum absolute atomic E-state index is 0.288. The Morgan fingerprint density at radius 2 is 1.67 bits per heavy atom. The van der Waals surface area contributed by atoms with Crippen molar-refractivity contribution >= 4 is 28.9 Å². The van der Waals surface area contributed by atoms with Crippen LogP contribution >= 0.6 is 12.2 Å². The minimum atomic E-state index is -4.58. The maximum absolute atomic E-state index is 13.3. The molecule has 8 heteroatoms. The zero-order valence-corrected chi connectivity index (χ0v) is 17.8. The largest absolute Gasteiger partial charge is 0.418 e. The van der Waals surface area contributed by atoms with E-state index >= 15 is 0 Å². The Hall–Kier alpha value is -2.87. The number of anilines is 1. The van der Waals surface area contributed by atoms with Crippen LogP contribution in [0, 0.1) is 20.8 Å². The quantitative estimate of drug-likeness (QED) is 0.592. The molecular weight excluding hydrogens is 411 g/mol. The molecule has 1 unspecified atom stereocenters. The van der Waals surface area contributed by atoms with Gasteiger partial charge in [-0.3, -0.25) is 4.79 Å². The molecule has 0 saturated carbocycles. The van der Waals surface area contributed by atoms with E-state index in [9.17, 15) is 18.0 Å². The SMILES string of the molecule is CC1=C(C(=O)Nc2ccccc2C(F)(F)F)C(c2c(C)cc(C)cc2C)NC(=S)N1. The third-order valence-corrected chi connectivity index (χ3v) is 5.24. The molecule has 1 heterocycles. The number of amides is 1. The predicted molar refractivity (Wildman–Crippen MR) is 115 cm³/mol. The van der Waals surface area contributed by atoms with Crippen LogP contribution in [0.5, 0.6) is 0 Å². The second-order valence-corrected chi connectivity index (χ2v) is 7.79. The molecule has 1 amide bonds. The average Bonchev–Trinajstić information content (AvgIpc) is 2.59. The number of hydrogen-bond acceptors (Lipinski definition) is 2. The number of allylic oxidation sites excluding steroid dienone is 1. The maximum Gasteiger partial charge on any atom is 0.418 e. The van der Waals surface area contributed by atoms with E-state index < -0.39 is 23.7 Å². The summed E-state index contributed by atoms with van der Waals surface area (Å²) in [7, 11) is 0. The summed E-state index contributed by atoms with van der Waals surface area (Å²) in [6.45, 7) is 7.54. The molecule has 0 aromatic heterocycles. The summed E-state index contributed by atoms with van der Waals surface area (Å²) in [6.07, 6.45) is -4.58. The van der Waals surface area contributed by atoms with Gasteiger partial charge in [0, 0.05) is 5.70 Å². The maximum atomic E-state index is 13.3. The summed E-state index contributed by atoms with van der Waals surface area (Å²) in [4.78, 5) is 13.2. The first kappa shape index (κ1) is 21.8. The summed E-state index contributed by atoms with van der Waals surface area (Å²) in [5, 5.41) is 8.81. The second kappa shape index (κ2) is 8.10. The number of nitrogens with one attached hydrogen (secondary N) is 3. The monoisotopic (exact) mass is 433 g/mol. The summed E-state index contributed by atoms with van der Waals surface area (Å²) < 4.78 is 40.0. The molecule has 1 aliphatic rings. The lowest BCUT2D eigenvalue weighted by Gasteiger charge is -2.32. The molecule has 30 heavy (non-hydrogen) atoms.